The number of nitrogens with zero attached hydrogens (tertiary/aromatic N) is 4. The largest absolute Gasteiger partial charge is 0.307 e. The van der Waals surface area contributed by atoms with Crippen molar-refractivity contribution in [2.75, 3.05) is 6.54 Å². The lowest BCUT2D eigenvalue weighted by atomic mass is 10.2. The lowest BCUT2D eigenvalue weighted by molar-refractivity contribution is 0.494. The van der Waals surface area contributed by atoms with Gasteiger partial charge in [-0.3, -0.25) is 4.68 Å². The Balaban J connectivity index is 1.74. The average molecular weight is 223 g/mol. The highest BCUT2D eigenvalue weighted by molar-refractivity contribution is 7.07. The summed E-state index contributed by atoms with van der Waals surface area (Å²) in [4.78, 5) is 4.25. The van der Waals surface area contributed by atoms with Gasteiger partial charge in [0.05, 0.1) is 23.9 Å². The number of hydrogen-bond donors (Lipinski definition) is 1. The summed E-state index contributed by atoms with van der Waals surface area (Å²) >= 11 is 1.62. The van der Waals surface area contributed by atoms with E-state index in [0.29, 0.717) is 6.04 Å². The van der Waals surface area contributed by atoms with E-state index in [9.17, 15) is 0 Å². The number of thiazole rings is 1. The minimum Gasteiger partial charge on any atom is -0.307 e. The summed E-state index contributed by atoms with van der Waals surface area (Å²) in [7, 11) is 0. The molecule has 0 aromatic carbocycles. The fourth-order valence-electron chi connectivity index (χ4n) is 1.29. The Labute approximate surface area is 92.2 Å². The van der Waals surface area contributed by atoms with E-state index in [2.05, 4.69) is 32.9 Å². The number of aromatic nitrogens is 4. The van der Waals surface area contributed by atoms with Crippen LogP contribution in [0.4, 0.5) is 0 Å². The molecule has 0 saturated carbocycles. The lowest BCUT2D eigenvalue weighted by Crippen LogP contribution is -2.23. The van der Waals surface area contributed by atoms with Crippen LogP contribution < -0.4 is 5.32 Å². The fraction of sp³-hybridized carbons (Fsp3) is 0.444. The van der Waals surface area contributed by atoms with E-state index >= 15 is 0 Å². The van der Waals surface area contributed by atoms with Crippen LogP contribution in [-0.2, 0) is 6.54 Å². The maximum absolute atomic E-state index is 4.25. The molecule has 2 aromatic heterocycles. The van der Waals surface area contributed by atoms with Crippen LogP contribution in [0.25, 0.3) is 0 Å². The van der Waals surface area contributed by atoms with Crippen LogP contribution in [-0.4, -0.2) is 26.5 Å². The zero-order valence-corrected chi connectivity index (χ0v) is 9.31. The van der Waals surface area contributed by atoms with Crippen LogP contribution in [0, 0.1) is 0 Å². The minimum absolute atomic E-state index is 0.291. The van der Waals surface area contributed by atoms with E-state index in [1.165, 1.54) is 0 Å². The molecule has 0 bridgehead atoms. The topological polar surface area (TPSA) is 55.6 Å². The van der Waals surface area contributed by atoms with E-state index in [4.69, 9.17) is 0 Å². The smallest absolute Gasteiger partial charge is 0.0795 e. The van der Waals surface area contributed by atoms with E-state index in [-0.39, 0.29) is 0 Å². The third kappa shape index (κ3) is 2.84. The van der Waals surface area contributed by atoms with Crippen LogP contribution in [0.1, 0.15) is 18.7 Å². The van der Waals surface area contributed by atoms with Gasteiger partial charge in [-0.05, 0) is 6.92 Å². The number of nitrogens with one attached hydrogen (secondary N) is 1. The van der Waals surface area contributed by atoms with Crippen molar-refractivity contribution < 1.29 is 0 Å². The van der Waals surface area contributed by atoms with Crippen molar-refractivity contribution in [2.45, 2.75) is 19.5 Å². The van der Waals surface area contributed by atoms with Gasteiger partial charge < -0.3 is 5.32 Å². The van der Waals surface area contributed by atoms with Crippen LogP contribution in [0.15, 0.2) is 23.3 Å². The van der Waals surface area contributed by atoms with Crippen molar-refractivity contribution in [2.24, 2.45) is 0 Å². The van der Waals surface area contributed by atoms with E-state index < -0.39 is 0 Å². The Bertz CT molecular complexity index is 369. The number of hydrogen-bond acceptors (Lipinski definition) is 5. The summed E-state index contributed by atoms with van der Waals surface area (Å²) in [5.74, 6) is 0. The predicted molar refractivity (Wildman–Crippen MR) is 58.6 cm³/mol. The molecule has 1 unspecified atom stereocenters. The molecule has 1 N–H and O–H groups in total. The molecule has 5 nitrogen and oxygen atoms in total. The van der Waals surface area contributed by atoms with Gasteiger partial charge in [-0.2, -0.15) is 0 Å². The van der Waals surface area contributed by atoms with Gasteiger partial charge in [0, 0.05) is 24.2 Å². The molecule has 0 amide bonds. The minimum atomic E-state index is 0.291. The maximum Gasteiger partial charge on any atom is 0.0795 e. The van der Waals surface area contributed by atoms with Gasteiger partial charge in [-0.15, -0.1) is 16.4 Å². The van der Waals surface area contributed by atoms with Gasteiger partial charge in [-0.1, -0.05) is 5.21 Å². The molecule has 0 aliphatic heterocycles. The van der Waals surface area contributed by atoms with Gasteiger partial charge in [-0.25, -0.2) is 4.98 Å². The van der Waals surface area contributed by atoms with Crippen molar-refractivity contribution in [3.05, 3.63) is 29.0 Å². The zero-order chi connectivity index (χ0) is 10.5. The normalized spacial score (nSPS) is 12.9. The molecular weight excluding hydrogens is 210 g/mol. The Morgan fingerprint density at radius 1 is 1.60 bits per heavy atom. The van der Waals surface area contributed by atoms with Crippen LogP contribution in [0.5, 0.6) is 0 Å². The zero-order valence-electron chi connectivity index (χ0n) is 8.50. The standard InChI is InChI=1S/C9H13N5S/c1-8(9-6-15-7-11-9)10-2-4-14-5-3-12-13-14/h3,5-8,10H,2,4H2,1H3. The van der Waals surface area contributed by atoms with Crippen LogP contribution >= 0.6 is 11.3 Å². The Morgan fingerprint density at radius 2 is 2.53 bits per heavy atom. The molecule has 15 heavy (non-hydrogen) atoms. The van der Waals surface area contributed by atoms with Gasteiger partial charge >= 0.3 is 0 Å². The summed E-state index contributed by atoms with van der Waals surface area (Å²) in [6, 6.07) is 0.291. The quantitative estimate of drug-likeness (QED) is 0.824. The molecule has 2 heterocycles. The summed E-state index contributed by atoms with van der Waals surface area (Å²) in [5, 5.41) is 13.1. The first-order valence-corrected chi connectivity index (χ1v) is 5.76. The average Bonchev–Trinajstić information content (AvgIpc) is 2.90. The SMILES string of the molecule is CC(NCCn1ccnn1)c1cscn1. The van der Waals surface area contributed by atoms with Gasteiger partial charge in [0.1, 0.15) is 0 Å². The summed E-state index contributed by atoms with van der Waals surface area (Å²) in [6.45, 7) is 3.80. The Morgan fingerprint density at radius 3 is 3.20 bits per heavy atom. The molecule has 0 aliphatic carbocycles. The van der Waals surface area contributed by atoms with Crippen molar-refractivity contribution in [1.29, 1.82) is 0 Å². The molecule has 6 heteroatoms. The first-order valence-electron chi connectivity index (χ1n) is 4.82. The third-order valence-corrected chi connectivity index (χ3v) is 2.76. The molecule has 1 atom stereocenters. The summed E-state index contributed by atoms with van der Waals surface area (Å²) < 4.78 is 1.81. The predicted octanol–water partition coefficient (Wildman–Crippen LogP) is 1.09. The summed E-state index contributed by atoms with van der Waals surface area (Å²) in [5.41, 5.74) is 2.95. The highest BCUT2D eigenvalue weighted by Crippen LogP contribution is 2.11. The summed E-state index contributed by atoms with van der Waals surface area (Å²) in [6.07, 6.45) is 3.54. The van der Waals surface area contributed by atoms with Crippen LogP contribution in [0.3, 0.4) is 0 Å². The van der Waals surface area contributed by atoms with Gasteiger partial charge in [0.25, 0.3) is 0 Å². The third-order valence-electron chi connectivity index (χ3n) is 2.16. The molecule has 2 aromatic rings. The Kier molecular flexibility index (Phi) is 3.41. The molecule has 0 saturated heterocycles. The highest BCUT2D eigenvalue weighted by Gasteiger charge is 2.05. The monoisotopic (exact) mass is 223 g/mol. The molecule has 0 aliphatic rings. The Hall–Kier alpha value is -1.27. The van der Waals surface area contributed by atoms with Gasteiger partial charge in [0.2, 0.25) is 0 Å². The van der Waals surface area contributed by atoms with E-state index in [1.54, 1.807) is 22.2 Å². The second-order valence-corrected chi connectivity index (χ2v) is 3.97. The van der Waals surface area contributed by atoms with Crippen LogP contribution in [0.2, 0.25) is 0 Å². The lowest BCUT2D eigenvalue weighted by Gasteiger charge is -2.10. The second-order valence-electron chi connectivity index (χ2n) is 3.26. The maximum atomic E-state index is 4.25. The van der Waals surface area contributed by atoms with E-state index in [1.807, 2.05) is 11.7 Å². The fourth-order valence-corrected chi connectivity index (χ4v) is 1.94. The number of rotatable bonds is 5. The molecule has 80 valence electrons. The molecule has 2 rings (SSSR count). The molecule has 0 fully saturated rings. The van der Waals surface area contributed by atoms with Crippen molar-refractivity contribution in [3.8, 4) is 0 Å². The van der Waals surface area contributed by atoms with Crippen molar-refractivity contribution >= 4 is 11.3 Å². The highest BCUT2D eigenvalue weighted by atomic mass is 32.1. The van der Waals surface area contributed by atoms with E-state index in [0.717, 1.165) is 18.8 Å². The molecule has 0 spiro atoms. The second kappa shape index (κ2) is 4.99. The van der Waals surface area contributed by atoms with Crippen molar-refractivity contribution in [3.63, 3.8) is 0 Å². The molecule has 0 radical (unpaired) electrons. The first kappa shape index (κ1) is 10.3. The molecular formula is C9H13N5S. The first-order chi connectivity index (χ1) is 7.36. The van der Waals surface area contributed by atoms with Crippen molar-refractivity contribution in [1.82, 2.24) is 25.3 Å². The van der Waals surface area contributed by atoms with Gasteiger partial charge in [0.15, 0.2) is 0 Å².